The summed E-state index contributed by atoms with van der Waals surface area (Å²) in [5.74, 6) is -2.91. The molecule has 2 nitrogen and oxygen atoms in total. The van der Waals surface area contributed by atoms with E-state index in [1.54, 1.807) is 13.0 Å². The Kier molecular flexibility index (Phi) is 3.53. The van der Waals surface area contributed by atoms with Gasteiger partial charge in [-0.2, -0.15) is 0 Å². The zero-order valence-corrected chi connectivity index (χ0v) is 10.6. The predicted octanol–water partition coefficient (Wildman–Crippen LogP) is 4.29. The molecule has 5 heteroatoms. The van der Waals surface area contributed by atoms with Crippen molar-refractivity contribution in [2.45, 2.75) is 6.92 Å². The maximum absolute atomic E-state index is 13.8. The summed E-state index contributed by atoms with van der Waals surface area (Å²) in [5, 5.41) is 8.76. The molecule has 0 aliphatic carbocycles. The smallest absolute Gasteiger partial charge is 0.338 e. The maximum Gasteiger partial charge on any atom is 0.338 e. The van der Waals surface area contributed by atoms with Crippen LogP contribution in [0.4, 0.5) is 8.78 Å². The van der Waals surface area contributed by atoms with Gasteiger partial charge in [0.1, 0.15) is 11.6 Å². The molecule has 2 aromatic carbocycles. The molecular formula is C14H9ClF2O2. The van der Waals surface area contributed by atoms with Crippen molar-refractivity contribution in [1.29, 1.82) is 0 Å². The summed E-state index contributed by atoms with van der Waals surface area (Å²) >= 11 is 5.90. The van der Waals surface area contributed by atoms with Crippen LogP contribution in [0.25, 0.3) is 11.1 Å². The predicted molar refractivity (Wildman–Crippen MR) is 68.5 cm³/mol. The minimum absolute atomic E-state index is 0.0125. The molecule has 0 aliphatic heterocycles. The highest BCUT2D eigenvalue weighted by Gasteiger charge is 2.17. The molecule has 0 radical (unpaired) electrons. The van der Waals surface area contributed by atoms with Gasteiger partial charge in [0.2, 0.25) is 0 Å². The first-order chi connectivity index (χ1) is 8.90. The van der Waals surface area contributed by atoms with Crippen LogP contribution in [0.1, 0.15) is 15.9 Å². The summed E-state index contributed by atoms with van der Waals surface area (Å²) < 4.78 is 27.4. The van der Waals surface area contributed by atoms with Crippen molar-refractivity contribution >= 4 is 17.6 Å². The van der Waals surface area contributed by atoms with Gasteiger partial charge in [-0.1, -0.05) is 23.7 Å². The fraction of sp³-hybridized carbons (Fsp3) is 0.0714. The molecule has 2 aromatic rings. The Morgan fingerprint density at radius 3 is 2.37 bits per heavy atom. The van der Waals surface area contributed by atoms with Crippen LogP contribution in [0.15, 0.2) is 30.3 Å². The van der Waals surface area contributed by atoms with E-state index >= 15 is 0 Å². The van der Waals surface area contributed by atoms with Crippen LogP contribution in [-0.2, 0) is 0 Å². The highest BCUT2D eigenvalue weighted by Crippen LogP contribution is 2.32. The van der Waals surface area contributed by atoms with E-state index in [1.165, 1.54) is 12.1 Å². The Balaban J connectivity index is 2.63. The van der Waals surface area contributed by atoms with Crippen LogP contribution >= 0.6 is 11.6 Å². The van der Waals surface area contributed by atoms with Gasteiger partial charge in [0.25, 0.3) is 0 Å². The second kappa shape index (κ2) is 4.97. The topological polar surface area (TPSA) is 37.3 Å². The number of hydrogen-bond donors (Lipinski definition) is 1. The monoisotopic (exact) mass is 282 g/mol. The summed E-state index contributed by atoms with van der Waals surface area (Å²) in [4.78, 5) is 10.8. The van der Waals surface area contributed by atoms with Gasteiger partial charge in [-0.15, -0.1) is 0 Å². The SMILES string of the molecule is Cc1ccc(-c2cc(F)c(C(=O)O)cc2Cl)c(F)c1. The number of carbonyl (C=O) groups is 1. The van der Waals surface area contributed by atoms with Gasteiger partial charge in [-0.25, -0.2) is 13.6 Å². The fourth-order valence-electron chi connectivity index (χ4n) is 1.76. The molecule has 1 N–H and O–H groups in total. The standard InChI is InChI=1S/C14H9ClF2O2/c1-7-2-3-8(12(16)4-7)9-6-13(17)10(14(18)19)5-11(9)15/h2-6H,1H3,(H,18,19). The average molecular weight is 283 g/mol. The number of benzene rings is 2. The molecule has 98 valence electrons. The van der Waals surface area contributed by atoms with E-state index in [0.29, 0.717) is 0 Å². The molecule has 0 aliphatic rings. The van der Waals surface area contributed by atoms with Gasteiger partial charge in [-0.05, 0) is 30.7 Å². The van der Waals surface area contributed by atoms with E-state index in [2.05, 4.69) is 0 Å². The number of rotatable bonds is 2. The number of halogens is 3. The van der Waals surface area contributed by atoms with Gasteiger partial charge in [0.05, 0.1) is 5.56 Å². The quantitative estimate of drug-likeness (QED) is 0.892. The average Bonchev–Trinajstić information content (AvgIpc) is 2.32. The van der Waals surface area contributed by atoms with E-state index in [-0.39, 0.29) is 16.1 Å². The summed E-state index contributed by atoms with van der Waals surface area (Å²) in [7, 11) is 0. The molecule has 0 amide bonds. The van der Waals surface area contributed by atoms with E-state index in [9.17, 15) is 13.6 Å². The van der Waals surface area contributed by atoms with E-state index < -0.39 is 23.2 Å². The molecule has 0 aromatic heterocycles. The molecule has 0 saturated carbocycles. The number of aryl methyl sites for hydroxylation is 1. The first-order valence-electron chi connectivity index (χ1n) is 5.39. The Morgan fingerprint density at radius 2 is 1.79 bits per heavy atom. The zero-order valence-electron chi connectivity index (χ0n) is 9.88. The second-order valence-corrected chi connectivity index (χ2v) is 4.51. The molecule has 2 rings (SSSR count). The summed E-state index contributed by atoms with van der Waals surface area (Å²) in [6.07, 6.45) is 0. The van der Waals surface area contributed by atoms with Gasteiger partial charge in [0.15, 0.2) is 0 Å². The summed E-state index contributed by atoms with van der Waals surface area (Å²) in [6.45, 7) is 1.72. The lowest BCUT2D eigenvalue weighted by molar-refractivity contribution is 0.0692. The van der Waals surface area contributed by atoms with E-state index in [1.807, 2.05) is 0 Å². The van der Waals surface area contributed by atoms with Crippen molar-refractivity contribution in [3.05, 3.63) is 58.1 Å². The third kappa shape index (κ3) is 2.58. The maximum atomic E-state index is 13.8. The molecule has 0 bridgehead atoms. The normalized spacial score (nSPS) is 10.5. The third-order valence-corrected chi connectivity index (χ3v) is 3.01. The minimum Gasteiger partial charge on any atom is -0.478 e. The molecule has 0 unspecified atom stereocenters. The Hall–Kier alpha value is -1.94. The van der Waals surface area contributed by atoms with Crippen molar-refractivity contribution in [1.82, 2.24) is 0 Å². The molecule has 19 heavy (non-hydrogen) atoms. The molecule has 0 saturated heterocycles. The summed E-state index contributed by atoms with van der Waals surface area (Å²) in [6, 6.07) is 6.35. The van der Waals surface area contributed by atoms with Crippen LogP contribution < -0.4 is 0 Å². The van der Waals surface area contributed by atoms with Crippen molar-refractivity contribution < 1.29 is 18.7 Å². The lowest BCUT2D eigenvalue weighted by atomic mass is 10.0. The molecule has 0 spiro atoms. The Morgan fingerprint density at radius 1 is 1.11 bits per heavy atom. The van der Waals surface area contributed by atoms with Crippen LogP contribution in [0, 0.1) is 18.6 Å². The Labute approximate surface area is 113 Å². The minimum atomic E-state index is -1.42. The lowest BCUT2D eigenvalue weighted by Crippen LogP contribution is -2.01. The van der Waals surface area contributed by atoms with E-state index in [4.69, 9.17) is 16.7 Å². The number of carboxylic acids is 1. The highest BCUT2D eigenvalue weighted by atomic mass is 35.5. The van der Waals surface area contributed by atoms with Gasteiger partial charge in [-0.3, -0.25) is 0 Å². The van der Waals surface area contributed by atoms with Crippen molar-refractivity contribution in [3.8, 4) is 11.1 Å². The van der Waals surface area contributed by atoms with Crippen LogP contribution in [0.3, 0.4) is 0 Å². The summed E-state index contributed by atoms with van der Waals surface area (Å²) in [5.41, 5.74) is 0.439. The lowest BCUT2D eigenvalue weighted by Gasteiger charge is -2.08. The second-order valence-electron chi connectivity index (χ2n) is 4.10. The van der Waals surface area contributed by atoms with Gasteiger partial charge < -0.3 is 5.11 Å². The van der Waals surface area contributed by atoms with E-state index in [0.717, 1.165) is 17.7 Å². The highest BCUT2D eigenvalue weighted by molar-refractivity contribution is 6.33. The van der Waals surface area contributed by atoms with Crippen LogP contribution in [0.5, 0.6) is 0 Å². The first-order valence-corrected chi connectivity index (χ1v) is 5.77. The number of hydrogen-bond acceptors (Lipinski definition) is 1. The molecule has 0 heterocycles. The van der Waals surface area contributed by atoms with Gasteiger partial charge >= 0.3 is 5.97 Å². The zero-order chi connectivity index (χ0) is 14.2. The van der Waals surface area contributed by atoms with Crippen molar-refractivity contribution in [3.63, 3.8) is 0 Å². The van der Waals surface area contributed by atoms with Crippen molar-refractivity contribution in [2.24, 2.45) is 0 Å². The fourth-order valence-corrected chi connectivity index (χ4v) is 2.02. The largest absolute Gasteiger partial charge is 0.478 e. The molecule has 0 fully saturated rings. The first kappa shape index (κ1) is 13.5. The molecular weight excluding hydrogens is 274 g/mol. The number of aromatic carboxylic acids is 1. The molecule has 0 atom stereocenters. The third-order valence-electron chi connectivity index (χ3n) is 2.70. The van der Waals surface area contributed by atoms with Crippen LogP contribution in [0.2, 0.25) is 5.02 Å². The Bertz CT molecular complexity index is 669. The van der Waals surface area contributed by atoms with Crippen LogP contribution in [-0.4, -0.2) is 11.1 Å². The van der Waals surface area contributed by atoms with Gasteiger partial charge in [0, 0.05) is 16.1 Å². The number of carboxylic acid groups (broad SMARTS) is 1. The van der Waals surface area contributed by atoms with Crippen molar-refractivity contribution in [2.75, 3.05) is 0 Å².